The Labute approximate surface area is 200 Å². The Kier molecular flexibility index (Phi) is 9.38. The molecule has 0 saturated carbocycles. The van der Waals surface area contributed by atoms with E-state index in [-0.39, 0.29) is 17.7 Å². The fourth-order valence-electron chi connectivity index (χ4n) is 4.13. The molecule has 2 aromatic rings. The minimum atomic E-state index is -0.461. The third kappa shape index (κ3) is 7.01. The molecule has 0 atom stereocenters. The Hall–Kier alpha value is -3.48. The minimum absolute atomic E-state index is 0.0344. The molecule has 3 rings (SSSR count). The molecule has 0 radical (unpaired) electrons. The topological polar surface area (TPSA) is 110 Å². The molecular formula is C27H33N3O4. The summed E-state index contributed by atoms with van der Waals surface area (Å²) in [6.07, 6.45) is 8.66. The summed E-state index contributed by atoms with van der Waals surface area (Å²) in [4.78, 5) is 49.1. The van der Waals surface area contributed by atoms with E-state index >= 15 is 0 Å². The van der Waals surface area contributed by atoms with Crippen LogP contribution in [0.1, 0.15) is 94.4 Å². The quantitative estimate of drug-likeness (QED) is 0.323. The van der Waals surface area contributed by atoms with Crippen LogP contribution in [0, 0.1) is 0 Å². The number of carbonyl (C=O) groups excluding carboxylic acids is 4. The zero-order chi connectivity index (χ0) is 24.3. The average Bonchev–Trinajstić information content (AvgIpc) is 3.09. The lowest BCUT2D eigenvalue weighted by molar-refractivity contribution is -0.121. The van der Waals surface area contributed by atoms with Crippen LogP contribution in [0.25, 0.3) is 0 Å². The van der Waals surface area contributed by atoms with Crippen molar-refractivity contribution in [3.8, 4) is 0 Å². The summed E-state index contributed by atoms with van der Waals surface area (Å²) in [5, 5.41) is 2.90. The van der Waals surface area contributed by atoms with Crippen LogP contribution in [0.2, 0.25) is 0 Å². The molecule has 1 heterocycles. The second-order valence-electron chi connectivity index (χ2n) is 8.72. The van der Waals surface area contributed by atoms with Gasteiger partial charge in [0.1, 0.15) is 0 Å². The van der Waals surface area contributed by atoms with Gasteiger partial charge in [-0.25, -0.2) is 0 Å². The number of hydrogen-bond donors (Lipinski definition) is 2. The van der Waals surface area contributed by atoms with Gasteiger partial charge >= 0.3 is 0 Å². The van der Waals surface area contributed by atoms with Crippen LogP contribution in [0.4, 0.5) is 0 Å². The van der Waals surface area contributed by atoms with E-state index in [0.29, 0.717) is 36.2 Å². The van der Waals surface area contributed by atoms with Crippen molar-refractivity contribution in [3.05, 3.63) is 70.8 Å². The first-order chi connectivity index (χ1) is 16.5. The Morgan fingerprint density at radius 3 is 1.82 bits per heavy atom. The summed E-state index contributed by atoms with van der Waals surface area (Å²) >= 11 is 0. The molecule has 0 bridgehead atoms. The third-order valence-electron chi connectivity index (χ3n) is 6.14. The number of imide groups is 1. The average molecular weight is 464 g/mol. The number of primary amides is 1. The molecule has 180 valence electrons. The summed E-state index contributed by atoms with van der Waals surface area (Å²) in [6, 6.07) is 13.9. The van der Waals surface area contributed by atoms with E-state index in [1.807, 2.05) is 0 Å². The molecule has 0 aliphatic carbocycles. The van der Waals surface area contributed by atoms with Crippen LogP contribution in [-0.2, 0) is 11.3 Å². The van der Waals surface area contributed by atoms with Gasteiger partial charge in [-0.1, -0.05) is 62.8 Å². The number of nitrogens with one attached hydrogen (secondary N) is 1. The molecule has 0 saturated heterocycles. The maximum Gasteiger partial charge on any atom is 0.261 e. The van der Waals surface area contributed by atoms with Crippen molar-refractivity contribution in [2.24, 2.45) is 5.73 Å². The van der Waals surface area contributed by atoms with Gasteiger partial charge < -0.3 is 11.1 Å². The smallest absolute Gasteiger partial charge is 0.261 e. The van der Waals surface area contributed by atoms with Crippen LogP contribution in [-0.4, -0.2) is 35.1 Å². The molecule has 1 aliphatic heterocycles. The second-order valence-corrected chi connectivity index (χ2v) is 8.72. The Balaban J connectivity index is 1.17. The Bertz CT molecular complexity index is 982. The zero-order valence-corrected chi connectivity index (χ0v) is 19.6. The molecule has 7 heteroatoms. The first-order valence-corrected chi connectivity index (χ1v) is 12.1. The van der Waals surface area contributed by atoms with E-state index < -0.39 is 5.91 Å². The molecule has 1 aliphatic rings. The lowest BCUT2D eigenvalue weighted by Gasteiger charge is -2.13. The fraction of sp³-hybridized carbons (Fsp3) is 0.407. The number of fused-ring (bicyclic) bond motifs is 1. The standard InChI is InChI=1S/C27H33N3O4/c28-25(32)21-16-14-20(15-17-21)19-29-24(31)13-7-5-3-1-2-4-6-10-18-30-26(33)22-11-8-9-12-23(22)27(30)34/h8-9,11-12,14-17H,1-7,10,13,18-19H2,(H2,28,32)(H,29,31). The molecule has 7 nitrogen and oxygen atoms in total. The summed E-state index contributed by atoms with van der Waals surface area (Å²) in [5.74, 6) is -0.777. The van der Waals surface area contributed by atoms with Crippen molar-refractivity contribution in [2.45, 2.75) is 64.3 Å². The number of amides is 4. The number of carbonyl (C=O) groups is 4. The van der Waals surface area contributed by atoms with Gasteiger partial charge in [-0.05, 0) is 42.7 Å². The molecule has 0 unspecified atom stereocenters. The summed E-state index contributed by atoms with van der Waals surface area (Å²) < 4.78 is 0. The minimum Gasteiger partial charge on any atom is -0.366 e. The molecule has 34 heavy (non-hydrogen) atoms. The highest BCUT2D eigenvalue weighted by atomic mass is 16.2. The van der Waals surface area contributed by atoms with Crippen LogP contribution in [0.5, 0.6) is 0 Å². The highest BCUT2D eigenvalue weighted by molar-refractivity contribution is 6.21. The van der Waals surface area contributed by atoms with E-state index in [1.54, 1.807) is 48.5 Å². The van der Waals surface area contributed by atoms with E-state index in [1.165, 1.54) is 4.90 Å². The van der Waals surface area contributed by atoms with Gasteiger partial charge in [0.2, 0.25) is 11.8 Å². The number of unbranched alkanes of at least 4 members (excludes halogenated alkanes) is 7. The highest BCUT2D eigenvalue weighted by Gasteiger charge is 2.34. The van der Waals surface area contributed by atoms with Gasteiger partial charge in [-0.3, -0.25) is 24.1 Å². The predicted molar refractivity (Wildman–Crippen MR) is 130 cm³/mol. The van der Waals surface area contributed by atoms with Gasteiger partial charge in [0.25, 0.3) is 11.8 Å². The zero-order valence-electron chi connectivity index (χ0n) is 19.6. The van der Waals surface area contributed by atoms with Crippen molar-refractivity contribution in [3.63, 3.8) is 0 Å². The van der Waals surface area contributed by atoms with Crippen molar-refractivity contribution < 1.29 is 19.2 Å². The number of rotatable bonds is 14. The van der Waals surface area contributed by atoms with E-state index in [4.69, 9.17) is 5.73 Å². The molecule has 3 N–H and O–H groups in total. The van der Waals surface area contributed by atoms with Crippen molar-refractivity contribution in [1.29, 1.82) is 0 Å². The van der Waals surface area contributed by atoms with E-state index in [9.17, 15) is 19.2 Å². The molecular weight excluding hydrogens is 430 g/mol. The maximum absolute atomic E-state index is 12.3. The first kappa shape index (κ1) is 25.1. The molecule has 0 aromatic heterocycles. The van der Waals surface area contributed by atoms with Crippen molar-refractivity contribution in [2.75, 3.05) is 6.54 Å². The first-order valence-electron chi connectivity index (χ1n) is 12.1. The molecule has 4 amide bonds. The van der Waals surface area contributed by atoms with Crippen molar-refractivity contribution in [1.82, 2.24) is 10.2 Å². The van der Waals surface area contributed by atoms with Gasteiger partial charge in [0.05, 0.1) is 11.1 Å². The summed E-state index contributed by atoms with van der Waals surface area (Å²) in [5.41, 5.74) is 7.64. The van der Waals surface area contributed by atoms with Crippen molar-refractivity contribution >= 4 is 23.6 Å². The lowest BCUT2D eigenvalue weighted by Crippen LogP contribution is -2.30. The van der Waals surface area contributed by atoms with E-state index in [2.05, 4.69) is 5.32 Å². The number of benzene rings is 2. The SMILES string of the molecule is NC(=O)c1ccc(CNC(=O)CCCCCCCCCCN2C(=O)c3ccccc3C2=O)cc1. The van der Waals surface area contributed by atoms with Crippen LogP contribution < -0.4 is 11.1 Å². The second kappa shape index (κ2) is 12.7. The van der Waals surface area contributed by atoms with Gasteiger partial charge in [0.15, 0.2) is 0 Å². The summed E-state index contributed by atoms with van der Waals surface area (Å²) in [7, 11) is 0. The third-order valence-corrected chi connectivity index (χ3v) is 6.14. The summed E-state index contributed by atoms with van der Waals surface area (Å²) in [6.45, 7) is 0.926. The normalized spacial score (nSPS) is 12.6. The lowest BCUT2D eigenvalue weighted by atomic mass is 10.1. The molecule has 0 fully saturated rings. The van der Waals surface area contributed by atoms with Crippen LogP contribution >= 0.6 is 0 Å². The van der Waals surface area contributed by atoms with Gasteiger partial charge in [-0.2, -0.15) is 0 Å². The number of hydrogen-bond acceptors (Lipinski definition) is 4. The predicted octanol–water partition coefficient (Wildman–Crippen LogP) is 4.21. The van der Waals surface area contributed by atoms with Crippen LogP contribution in [0.3, 0.4) is 0 Å². The van der Waals surface area contributed by atoms with Crippen LogP contribution in [0.15, 0.2) is 48.5 Å². The Morgan fingerprint density at radius 1 is 0.735 bits per heavy atom. The maximum atomic E-state index is 12.3. The largest absolute Gasteiger partial charge is 0.366 e. The number of nitrogens with zero attached hydrogens (tertiary/aromatic N) is 1. The van der Waals surface area contributed by atoms with Gasteiger partial charge in [0, 0.05) is 25.1 Å². The molecule has 0 spiro atoms. The van der Waals surface area contributed by atoms with Gasteiger partial charge in [-0.15, -0.1) is 0 Å². The monoisotopic (exact) mass is 463 g/mol. The Morgan fingerprint density at radius 2 is 1.26 bits per heavy atom. The number of nitrogens with two attached hydrogens (primary N) is 1. The molecule has 2 aromatic carbocycles. The van der Waals surface area contributed by atoms with E-state index in [0.717, 1.165) is 56.9 Å². The fourth-order valence-corrected chi connectivity index (χ4v) is 4.13. The highest BCUT2D eigenvalue weighted by Crippen LogP contribution is 2.23.